The number of thiophene rings is 1. The Kier molecular flexibility index (Phi) is 4.05. The molecule has 6 heteroatoms. The molecule has 1 aliphatic rings. The van der Waals surface area contributed by atoms with Crippen LogP contribution in [0.15, 0.2) is 40.3 Å². The first kappa shape index (κ1) is 14.0. The minimum atomic E-state index is 0.106. The molecule has 1 N–H and O–H groups in total. The number of nitrogens with zero attached hydrogens (tertiary/aromatic N) is 2. The largest absolute Gasteiger partial charge is 0.352 e. The fraction of sp³-hybridized carbons (Fsp3) is 0.286. The number of hydrogen-bond donors (Lipinski definition) is 1. The van der Waals surface area contributed by atoms with E-state index in [0.29, 0.717) is 0 Å². The van der Waals surface area contributed by atoms with Crippen LogP contribution in [0, 0.1) is 0 Å². The Morgan fingerprint density at radius 2 is 2.35 bits per heavy atom. The summed E-state index contributed by atoms with van der Waals surface area (Å²) in [5.74, 6) is 0. The highest BCUT2D eigenvalue weighted by molar-refractivity contribution is 9.10. The van der Waals surface area contributed by atoms with E-state index < -0.39 is 0 Å². The molecule has 2 atom stereocenters. The molecule has 0 aliphatic carbocycles. The van der Waals surface area contributed by atoms with Gasteiger partial charge in [-0.15, -0.1) is 11.3 Å². The van der Waals surface area contributed by atoms with E-state index in [0.717, 1.165) is 21.8 Å². The van der Waals surface area contributed by atoms with Gasteiger partial charge in [0.1, 0.15) is 0 Å². The summed E-state index contributed by atoms with van der Waals surface area (Å²) in [6.07, 6.45) is 1.83. The molecule has 1 aliphatic heterocycles. The molecule has 0 amide bonds. The summed E-state index contributed by atoms with van der Waals surface area (Å²) < 4.78 is 1.12. The predicted octanol–water partition coefficient (Wildman–Crippen LogP) is 3.90. The van der Waals surface area contributed by atoms with E-state index in [9.17, 15) is 0 Å². The molecule has 104 valence electrons. The summed E-state index contributed by atoms with van der Waals surface area (Å²) >= 11 is 10.8. The summed E-state index contributed by atoms with van der Waals surface area (Å²) in [5, 5.41) is 6.33. The molecule has 0 aromatic carbocycles. The maximum absolute atomic E-state index is 5.48. The standard InChI is InChI=1S/C14H14BrN3S2/c1-2-18-13(11-7-9(15)8-20-11)12(17-14(18)19)10-5-3-4-6-16-10/h3-8,12-13H,2H2,1H3,(H,17,19)/t12-,13+/m1/s1. The molecule has 20 heavy (non-hydrogen) atoms. The van der Waals surface area contributed by atoms with Crippen LogP contribution in [0.4, 0.5) is 0 Å². The monoisotopic (exact) mass is 367 g/mol. The van der Waals surface area contributed by atoms with E-state index >= 15 is 0 Å². The van der Waals surface area contributed by atoms with Crippen molar-refractivity contribution < 1.29 is 0 Å². The molecule has 0 spiro atoms. The van der Waals surface area contributed by atoms with Crippen LogP contribution in [-0.4, -0.2) is 21.5 Å². The van der Waals surface area contributed by atoms with Gasteiger partial charge >= 0.3 is 0 Å². The van der Waals surface area contributed by atoms with Crippen molar-refractivity contribution in [3.8, 4) is 0 Å². The van der Waals surface area contributed by atoms with Gasteiger partial charge in [0.25, 0.3) is 0 Å². The lowest BCUT2D eigenvalue weighted by molar-refractivity contribution is 0.335. The number of halogens is 1. The first-order valence-corrected chi connectivity index (χ1v) is 8.50. The number of rotatable bonds is 3. The zero-order valence-corrected chi connectivity index (χ0v) is 14.1. The van der Waals surface area contributed by atoms with Gasteiger partial charge in [-0.05, 0) is 53.3 Å². The Labute approximate surface area is 136 Å². The molecule has 1 fully saturated rings. The number of nitrogens with one attached hydrogen (secondary N) is 1. The van der Waals surface area contributed by atoms with Crippen molar-refractivity contribution in [1.82, 2.24) is 15.2 Å². The lowest BCUT2D eigenvalue weighted by atomic mass is 10.0. The Hall–Kier alpha value is -0.980. The second kappa shape index (κ2) is 5.79. The smallest absolute Gasteiger partial charge is 0.170 e. The van der Waals surface area contributed by atoms with Crippen LogP contribution in [-0.2, 0) is 0 Å². The fourth-order valence-corrected chi connectivity index (χ4v) is 4.50. The molecule has 0 unspecified atom stereocenters. The lowest BCUT2D eigenvalue weighted by Crippen LogP contribution is -2.28. The molecule has 0 radical (unpaired) electrons. The van der Waals surface area contributed by atoms with Crippen LogP contribution < -0.4 is 5.32 Å². The van der Waals surface area contributed by atoms with E-state index in [1.807, 2.05) is 18.3 Å². The predicted molar refractivity (Wildman–Crippen MR) is 89.9 cm³/mol. The van der Waals surface area contributed by atoms with Gasteiger partial charge < -0.3 is 10.2 Å². The SMILES string of the molecule is CCN1C(=S)N[C@H](c2ccccn2)[C@@H]1c1cc(Br)cs1. The maximum atomic E-state index is 5.48. The summed E-state index contributed by atoms with van der Waals surface area (Å²) in [7, 11) is 0. The molecule has 3 heterocycles. The molecular formula is C14H14BrN3S2. The minimum Gasteiger partial charge on any atom is -0.352 e. The Morgan fingerprint density at radius 1 is 1.50 bits per heavy atom. The summed E-state index contributed by atoms with van der Waals surface area (Å²) in [4.78, 5) is 8.01. The van der Waals surface area contributed by atoms with Crippen molar-refractivity contribution >= 4 is 44.6 Å². The topological polar surface area (TPSA) is 28.2 Å². The summed E-state index contributed by atoms with van der Waals surface area (Å²) in [6, 6.07) is 8.49. The number of thiocarbonyl (C=S) groups is 1. The van der Waals surface area contributed by atoms with Crippen molar-refractivity contribution in [2.45, 2.75) is 19.0 Å². The zero-order valence-electron chi connectivity index (χ0n) is 10.9. The van der Waals surface area contributed by atoms with Crippen LogP contribution in [0.3, 0.4) is 0 Å². The number of likely N-dealkylation sites (N-methyl/N-ethyl adjacent to an activating group) is 1. The van der Waals surface area contributed by atoms with Crippen LogP contribution in [0.2, 0.25) is 0 Å². The first-order valence-electron chi connectivity index (χ1n) is 6.42. The average molecular weight is 368 g/mol. The third-order valence-electron chi connectivity index (χ3n) is 3.42. The zero-order chi connectivity index (χ0) is 14.1. The van der Waals surface area contributed by atoms with Crippen molar-refractivity contribution in [1.29, 1.82) is 0 Å². The highest BCUT2D eigenvalue weighted by Gasteiger charge is 2.39. The molecule has 0 saturated carbocycles. The molecule has 0 bridgehead atoms. The number of pyridine rings is 1. The first-order chi connectivity index (χ1) is 9.70. The third kappa shape index (κ3) is 2.47. The van der Waals surface area contributed by atoms with E-state index in [2.05, 4.69) is 55.6 Å². The van der Waals surface area contributed by atoms with Crippen molar-refractivity contribution in [3.63, 3.8) is 0 Å². The number of aromatic nitrogens is 1. The summed E-state index contributed by atoms with van der Waals surface area (Å²) in [6.45, 7) is 3.01. The quantitative estimate of drug-likeness (QED) is 0.832. The van der Waals surface area contributed by atoms with Crippen LogP contribution >= 0.6 is 39.5 Å². The second-order valence-electron chi connectivity index (χ2n) is 4.58. The van der Waals surface area contributed by atoms with Gasteiger partial charge in [0.2, 0.25) is 0 Å². The molecule has 2 aromatic heterocycles. The molecule has 2 aromatic rings. The fourth-order valence-electron chi connectivity index (χ4n) is 2.54. The van der Waals surface area contributed by atoms with E-state index in [4.69, 9.17) is 12.2 Å². The van der Waals surface area contributed by atoms with E-state index in [-0.39, 0.29) is 12.1 Å². The van der Waals surface area contributed by atoms with Crippen LogP contribution in [0.25, 0.3) is 0 Å². The van der Waals surface area contributed by atoms with Gasteiger partial charge in [0.15, 0.2) is 5.11 Å². The molecular weight excluding hydrogens is 354 g/mol. The Morgan fingerprint density at radius 3 is 2.95 bits per heavy atom. The maximum Gasteiger partial charge on any atom is 0.170 e. The third-order valence-corrected chi connectivity index (χ3v) is 5.53. The highest BCUT2D eigenvalue weighted by atomic mass is 79.9. The lowest BCUT2D eigenvalue weighted by Gasteiger charge is -2.25. The van der Waals surface area contributed by atoms with Gasteiger partial charge in [-0.1, -0.05) is 6.07 Å². The number of hydrogen-bond acceptors (Lipinski definition) is 3. The van der Waals surface area contributed by atoms with Gasteiger partial charge in [0, 0.05) is 27.5 Å². The van der Waals surface area contributed by atoms with Gasteiger partial charge in [-0.3, -0.25) is 4.98 Å². The second-order valence-corrected chi connectivity index (χ2v) is 6.83. The highest BCUT2D eigenvalue weighted by Crippen LogP contribution is 2.41. The minimum absolute atomic E-state index is 0.106. The van der Waals surface area contributed by atoms with Gasteiger partial charge in [-0.2, -0.15) is 0 Å². The molecule has 3 nitrogen and oxygen atoms in total. The van der Waals surface area contributed by atoms with Gasteiger partial charge in [-0.25, -0.2) is 0 Å². The average Bonchev–Trinajstić information content (AvgIpc) is 3.03. The van der Waals surface area contributed by atoms with E-state index in [1.54, 1.807) is 11.3 Å². The Bertz CT molecular complexity index is 614. The van der Waals surface area contributed by atoms with Crippen LogP contribution in [0.5, 0.6) is 0 Å². The molecule has 3 rings (SSSR count). The van der Waals surface area contributed by atoms with Crippen molar-refractivity contribution in [2.75, 3.05) is 6.54 Å². The van der Waals surface area contributed by atoms with E-state index in [1.165, 1.54) is 4.88 Å². The normalized spacial score (nSPS) is 22.1. The van der Waals surface area contributed by atoms with Crippen molar-refractivity contribution in [2.24, 2.45) is 0 Å². The van der Waals surface area contributed by atoms with Crippen molar-refractivity contribution in [3.05, 3.63) is 50.9 Å². The Balaban J connectivity index is 2.02. The molecule has 1 saturated heterocycles. The van der Waals surface area contributed by atoms with Gasteiger partial charge in [0.05, 0.1) is 17.8 Å². The van der Waals surface area contributed by atoms with Crippen LogP contribution in [0.1, 0.15) is 29.6 Å². The summed E-state index contributed by atoms with van der Waals surface area (Å²) in [5.41, 5.74) is 1.03.